The minimum Gasteiger partial charge on any atom is 0 e. The van der Waals surface area contributed by atoms with E-state index in [4.69, 9.17) is 0 Å². The van der Waals surface area contributed by atoms with Gasteiger partial charge in [-0.05, 0) is 0 Å². The van der Waals surface area contributed by atoms with E-state index in [1.54, 1.807) is 0 Å². The average molecular weight is 165 g/mol. The zero-order valence-electron chi connectivity index (χ0n) is 3.28. The molecule has 0 rings (SSSR count). The molecule has 0 amide bonds. The third-order valence-corrected chi connectivity index (χ3v) is 0. The average Bonchev–Trinajstić information content (AvgIpc) is 0.918. The summed E-state index contributed by atoms with van der Waals surface area (Å²) in [5.74, 6) is 0. The molecule has 0 unspecified atom stereocenters. The Balaban J connectivity index is 0. The van der Waals surface area contributed by atoms with Gasteiger partial charge in [-0.3, -0.25) is 0 Å². The number of hydrogen-bond donors (Lipinski definition) is 0. The summed E-state index contributed by atoms with van der Waals surface area (Å²) >= 11 is 0.312. The van der Waals surface area contributed by atoms with Gasteiger partial charge in [0, 0.05) is 19.5 Å². The third kappa shape index (κ3) is 10.5. The summed E-state index contributed by atoms with van der Waals surface area (Å²) in [5, 5.41) is 0. The number of hydrogen-bond acceptors (Lipinski definition) is 0. The van der Waals surface area contributed by atoms with Crippen LogP contribution in [0.15, 0.2) is 0 Å². The van der Waals surface area contributed by atoms with Crippen LogP contribution in [0.1, 0.15) is 0 Å². The fourth-order valence-corrected chi connectivity index (χ4v) is 0. The molecule has 0 bridgehead atoms. The van der Waals surface area contributed by atoms with Gasteiger partial charge in [0.2, 0.25) is 0 Å². The van der Waals surface area contributed by atoms with E-state index in [9.17, 15) is 0 Å². The van der Waals surface area contributed by atoms with Gasteiger partial charge in [0.15, 0.2) is 0 Å². The van der Waals surface area contributed by atoms with Crippen LogP contribution < -0.4 is 0 Å². The Kier molecular flexibility index (Phi) is 19.9. The van der Waals surface area contributed by atoms with Crippen molar-refractivity contribution in [1.82, 2.24) is 0 Å². The van der Waals surface area contributed by atoms with Crippen molar-refractivity contribution in [2.75, 3.05) is 0 Å². The Morgan fingerprint density at radius 2 is 1.25 bits per heavy atom. The maximum Gasteiger partial charge on any atom is 0 e. The van der Waals surface area contributed by atoms with E-state index in [0.717, 1.165) is 0 Å². The Morgan fingerprint density at radius 1 is 1.25 bits per heavy atom. The maximum atomic E-state index is 2.28. The van der Waals surface area contributed by atoms with Crippen LogP contribution in [0.2, 0.25) is 11.0 Å². The summed E-state index contributed by atoms with van der Waals surface area (Å²) in [4.78, 5) is 0. The van der Waals surface area contributed by atoms with E-state index in [0.29, 0.717) is 17.4 Å². The molecule has 0 saturated heterocycles. The molecule has 0 aliphatic carbocycles. The van der Waals surface area contributed by atoms with Crippen LogP contribution in [-0.2, 0) is 19.5 Å². The molecule has 0 saturated carbocycles. The van der Waals surface area contributed by atoms with Gasteiger partial charge in [-0.2, -0.15) is 0 Å². The smallest absolute Gasteiger partial charge is 0 e. The Hall–Kier alpha value is 1.26. The van der Waals surface area contributed by atoms with Crippen molar-refractivity contribution < 1.29 is 19.5 Å². The first kappa shape index (κ1) is 8.98. The van der Waals surface area contributed by atoms with Gasteiger partial charge < -0.3 is 0 Å². The van der Waals surface area contributed by atoms with Crippen LogP contribution in [0.4, 0.5) is 0 Å². The van der Waals surface area contributed by atoms with Gasteiger partial charge in [-0.25, -0.2) is 0 Å². The fraction of sp³-hybridized carbons (Fsp3) is 1.00. The van der Waals surface area contributed by atoms with Gasteiger partial charge in [0.25, 0.3) is 0 Å². The Morgan fingerprint density at radius 3 is 1.25 bits per heavy atom. The Labute approximate surface area is 47.9 Å². The van der Waals surface area contributed by atoms with Crippen molar-refractivity contribution in [3.63, 3.8) is 0 Å². The SMILES string of the molecule is [CH3][Ga][CH3].[Zn]. The van der Waals surface area contributed by atoms with Crippen LogP contribution in [0, 0.1) is 0 Å². The molecular formula is C2H6GaZn. The molecule has 2 heteroatoms. The van der Waals surface area contributed by atoms with Crippen molar-refractivity contribution in [3.05, 3.63) is 0 Å². The van der Waals surface area contributed by atoms with Gasteiger partial charge in [0.1, 0.15) is 0 Å². The molecular weight excluding hydrogens is 159 g/mol. The molecule has 0 spiro atoms. The monoisotopic (exact) mass is 163 g/mol. The van der Waals surface area contributed by atoms with Crippen LogP contribution in [0.5, 0.6) is 0 Å². The van der Waals surface area contributed by atoms with Crippen molar-refractivity contribution in [1.29, 1.82) is 0 Å². The van der Waals surface area contributed by atoms with Crippen molar-refractivity contribution >= 4 is 17.4 Å². The summed E-state index contributed by atoms with van der Waals surface area (Å²) in [5.41, 5.74) is 4.56. The first-order valence-electron chi connectivity index (χ1n) is 1.15. The largest absolute Gasteiger partial charge is 0 e. The minimum absolute atomic E-state index is 0. The molecule has 0 heterocycles. The summed E-state index contributed by atoms with van der Waals surface area (Å²) in [7, 11) is 0. The third-order valence-electron chi connectivity index (χ3n) is 0. The molecule has 0 aromatic rings. The van der Waals surface area contributed by atoms with Crippen LogP contribution >= 0.6 is 0 Å². The van der Waals surface area contributed by atoms with Gasteiger partial charge >= 0.3 is 28.4 Å². The van der Waals surface area contributed by atoms with E-state index >= 15 is 0 Å². The molecule has 1 radical (unpaired) electrons. The molecule has 0 fully saturated rings. The van der Waals surface area contributed by atoms with Crippen molar-refractivity contribution in [2.24, 2.45) is 0 Å². The zero-order valence-corrected chi connectivity index (χ0v) is 8.67. The second-order valence-corrected chi connectivity index (χ2v) is 3.00. The second kappa shape index (κ2) is 8.86. The fourth-order valence-electron chi connectivity index (χ4n) is 0. The summed E-state index contributed by atoms with van der Waals surface area (Å²) in [6.45, 7) is 0. The van der Waals surface area contributed by atoms with Gasteiger partial charge in [-0.15, -0.1) is 0 Å². The van der Waals surface area contributed by atoms with E-state index < -0.39 is 0 Å². The first-order chi connectivity index (χ1) is 1.41. The molecule has 0 aromatic carbocycles. The molecule has 0 aliphatic heterocycles. The standard InChI is InChI=1S/2CH3.Ga.Zn/h2*1H3;;. The normalized spacial score (nSPS) is 3.50. The first-order valence-corrected chi connectivity index (χ1v) is 6.00. The molecule has 0 aliphatic rings. The van der Waals surface area contributed by atoms with Gasteiger partial charge in [0.05, 0.1) is 0 Å². The predicted octanol–water partition coefficient (Wildman–Crippen LogP) is 0.784. The quantitative estimate of drug-likeness (QED) is 0.465. The van der Waals surface area contributed by atoms with Crippen LogP contribution in [-0.4, -0.2) is 17.4 Å². The van der Waals surface area contributed by atoms with E-state index in [-0.39, 0.29) is 19.5 Å². The van der Waals surface area contributed by atoms with Crippen LogP contribution in [0.25, 0.3) is 0 Å². The zero-order chi connectivity index (χ0) is 2.71. The van der Waals surface area contributed by atoms with Crippen LogP contribution in [0.3, 0.4) is 0 Å². The molecule has 0 N–H and O–H groups in total. The molecule has 0 aromatic heterocycles. The Bertz CT molecular complexity index is 6.00. The number of rotatable bonds is 0. The molecule has 0 atom stereocenters. The van der Waals surface area contributed by atoms with Crippen molar-refractivity contribution in [2.45, 2.75) is 11.0 Å². The predicted molar refractivity (Wildman–Crippen MR) is 17.5 cm³/mol. The summed E-state index contributed by atoms with van der Waals surface area (Å²) in [6, 6.07) is 0. The van der Waals surface area contributed by atoms with E-state index in [1.807, 2.05) is 0 Å². The van der Waals surface area contributed by atoms with E-state index in [1.165, 1.54) is 0 Å². The molecule has 19 valence electrons. The minimum atomic E-state index is 0. The van der Waals surface area contributed by atoms with Gasteiger partial charge in [-0.1, -0.05) is 0 Å². The maximum absolute atomic E-state index is 2.28. The molecule has 4 heavy (non-hydrogen) atoms. The summed E-state index contributed by atoms with van der Waals surface area (Å²) < 4.78 is 0. The second-order valence-electron chi connectivity index (χ2n) is 0.577. The van der Waals surface area contributed by atoms with E-state index in [2.05, 4.69) is 11.0 Å². The molecule has 0 nitrogen and oxygen atoms in total. The summed E-state index contributed by atoms with van der Waals surface area (Å²) in [6.07, 6.45) is 0. The topological polar surface area (TPSA) is 0 Å². The van der Waals surface area contributed by atoms with Crippen molar-refractivity contribution in [3.8, 4) is 0 Å².